The average molecular weight is 214 g/mol. The molecule has 0 radical (unpaired) electrons. The summed E-state index contributed by atoms with van der Waals surface area (Å²) in [6.07, 6.45) is 2.52. The molecule has 0 spiro atoms. The van der Waals surface area contributed by atoms with Gasteiger partial charge in [0.2, 0.25) is 0 Å². The Balaban J connectivity index is 2.41. The molecule has 1 rings (SSSR count). The summed E-state index contributed by atoms with van der Waals surface area (Å²) in [7, 11) is 1.92. The summed E-state index contributed by atoms with van der Waals surface area (Å²) in [6, 6.07) is 0. The fraction of sp³-hybridized carbons (Fsp3) is 1.00. The first-order chi connectivity index (χ1) is 6.91. The molecular weight excluding hydrogens is 188 g/mol. The van der Waals surface area contributed by atoms with E-state index in [4.69, 9.17) is 0 Å². The van der Waals surface area contributed by atoms with Gasteiger partial charge in [-0.2, -0.15) is 0 Å². The van der Waals surface area contributed by atoms with Gasteiger partial charge < -0.3 is 15.3 Å². The number of hydrogen-bond acceptors (Lipinski definition) is 3. The molecule has 0 saturated carbocycles. The number of nitrogens with one attached hydrogen (secondary N) is 1. The van der Waals surface area contributed by atoms with Crippen molar-refractivity contribution in [2.45, 2.75) is 39.2 Å². The van der Waals surface area contributed by atoms with E-state index in [9.17, 15) is 5.11 Å². The standard InChI is InChI=1S/C12H26N2O/c1-11(2)5-7-14(8-6-11)9-12(3,10-15)13-4/h13,15H,5-10H2,1-4H3. The summed E-state index contributed by atoms with van der Waals surface area (Å²) < 4.78 is 0. The van der Waals surface area contributed by atoms with E-state index in [-0.39, 0.29) is 12.1 Å². The van der Waals surface area contributed by atoms with Crippen LogP contribution in [0.3, 0.4) is 0 Å². The number of aliphatic hydroxyl groups excluding tert-OH is 1. The van der Waals surface area contributed by atoms with Gasteiger partial charge in [0, 0.05) is 6.54 Å². The highest BCUT2D eigenvalue weighted by molar-refractivity contribution is 4.87. The first kappa shape index (κ1) is 12.9. The predicted octanol–water partition coefficient (Wildman–Crippen LogP) is 1.08. The molecule has 0 amide bonds. The molecule has 1 unspecified atom stereocenters. The molecule has 2 N–H and O–H groups in total. The lowest BCUT2D eigenvalue weighted by atomic mass is 9.82. The van der Waals surface area contributed by atoms with Crippen LogP contribution in [0.5, 0.6) is 0 Å². The molecule has 1 saturated heterocycles. The van der Waals surface area contributed by atoms with Crippen molar-refractivity contribution in [3.8, 4) is 0 Å². The van der Waals surface area contributed by atoms with E-state index in [0.717, 1.165) is 19.6 Å². The second-order valence-corrected chi connectivity index (χ2v) is 5.91. The average Bonchev–Trinajstić information content (AvgIpc) is 2.21. The van der Waals surface area contributed by atoms with Crippen molar-refractivity contribution in [3.05, 3.63) is 0 Å². The van der Waals surface area contributed by atoms with E-state index >= 15 is 0 Å². The van der Waals surface area contributed by atoms with E-state index in [0.29, 0.717) is 5.41 Å². The lowest BCUT2D eigenvalue weighted by Crippen LogP contribution is -2.54. The van der Waals surface area contributed by atoms with Crippen molar-refractivity contribution in [1.82, 2.24) is 10.2 Å². The molecule has 1 heterocycles. The molecule has 0 aliphatic carbocycles. The Morgan fingerprint density at radius 2 is 1.87 bits per heavy atom. The van der Waals surface area contributed by atoms with E-state index in [1.165, 1.54) is 12.8 Å². The predicted molar refractivity (Wildman–Crippen MR) is 64.0 cm³/mol. The zero-order valence-corrected chi connectivity index (χ0v) is 10.6. The molecule has 3 nitrogen and oxygen atoms in total. The third-order valence-corrected chi connectivity index (χ3v) is 3.73. The zero-order valence-electron chi connectivity index (χ0n) is 10.6. The molecule has 15 heavy (non-hydrogen) atoms. The van der Waals surface area contributed by atoms with Crippen LogP contribution in [-0.2, 0) is 0 Å². The minimum Gasteiger partial charge on any atom is -0.394 e. The number of aliphatic hydroxyl groups is 1. The number of rotatable bonds is 4. The molecule has 1 fully saturated rings. The Labute approximate surface area is 93.9 Å². The highest BCUT2D eigenvalue weighted by Crippen LogP contribution is 2.30. The maximum atomic E-state index is 9.33. The lowest BCUT2D eigenvalue weighted by Gasteiger charge is -2.41. The smallest absolute Gasteiger partial charge is 0.0623 e. The largest absolute Gasteiger partial charge is 0.394 e. The van der Waals surface area contributed by atoms with Crippen LogP contribution in [0.4, 0.5) is 0 Å². The van der Waals surface area contributed by atoms with Crippen LogP contribution in [-0.4, -0.2) is 48.8 Å². The van der Waals surface area contributed by atoms with Gasteiger partial charge in [0.1, 0.15) is 0 Å². The first-order valence-electron chi connectivity index (χ1n) is 5.93. The van der Waals surface area contributed by atoms with Gasteiger partial charge >= 0.3 is 0 Å². The molecule has 1 aliphatic rings. The second-order valence-electron chi connectivity index (χ2n) is 5.91. The summed E-state index contributed by atoms with van der Waals surface area (Å²) in [5.74, 6) is 0. The van der Waals surface area contributed by atoms with Gasteiger partial charge in [0.15, 0.2) is 0 Å². The number of likely N-dealkylation sites (N-methyl/N-ethyl adjacent to an activating group) is 1. The van der Waals surface area contributed by atoms with Gasteiger partial charge in [-0.1, -0.05) is 13.8 Å². The highest BCUT2D eigenvalue weighted by Gasteiger charge is 2.30. The maximum absolute atomic E-state index is 9.33. The Bertz CT molecular complexity index is 190. The van der Waals surface area contributed by atoms with Crippen LogP contribution >= 0.6 is 0 Å². The molecule has 1 atom stereocenters. The van der Waals surface area contributed by atoms with Crippen LogP contribution in [0.2, 0.25) is 0 Å². The Morgan fingerprint density at radius 1 is 1.33 bits per heavy atom. The summed E-state index contributed by atoms with van der Waals surface area (Å²) in [6.45, 7) is 10.2. The van der Waals surface area contributed by atoms with Gasteiger partial charge in [-0.25, -0.2) is 0 Å². The zero-order chi connectivity index (χ0) is 11.5. The fourth-order valence-electron chi connectivity index (χ4n) is 2.02. The van der Waals surface area contributed by atoms with E-state index in [1.54, 1.807) is 0 Å². The van der Waals surface area contributed by atoms with Crippen molar-refractivity contribution < 1.29 is 5.11 Å². The number of piperidine rings is 1. The topological polar surface area (TPSA) is 35.5 Å². The molecule has 1 aliphatic heterocycles. The number of hydrogen-bond donors (Lipinski definition) is 2. The van der Waals surface area contributed by atoms with Crippen molar-refractivity contribution in [2.75, 3.05) is 33.3 Å². The summed E-state index contributed by atoms with van der Waals surface area (Å²) in [4.78, 5) is 2.46. The van der Waals surface area contributed by atoms with Gasteiger partial charge in [-0.3, -0.25) is 0 Å². The van der Waals surface area contributed by atoms with E-state index in [1.807, 2.05) is 7.05 Å². The third-order valence-electron chi connectivity index (χ3n) is 3.73. The molecule has 0 aromatic heterocycles. The molecule has 0 bridgehead atoms. The Hall–Kier alpha value is -0.120. The van der Waals surface area contributed by atoms with E-state index in [2.05, 4.69) is 31.0 Å². The SMILES string of the molecule is CNC(C)(CO)CN1CCC(C)(C)CC1. The summed E-state index contributed by atoms with van der Waals surface area (Å²) in [5.41, 5.74) is 0.354. The third kappa shape index (κ3) is 3.74. The molecule has 3 heteroatoms. The van der Waals surface area contributed by atoms with Gasteiger partial charge in [-0.15, -0.1) is 0 Å². The Morgan fingerprint density at radius 3 is 2.27 bits per heavy atom. The van der Waals surface area contributed by atoms with Gasteiger partial charge in [0.05, 0.1) is 12.1 Å². The van der Waals surface area contributed by atoms with Crippen LogP contribution in [0.15, 0.2) is 0 Å². The fourth-order valence-corrected chi connectivity index (χ4v) is 2.02. The molecule has 0 aromatic carbocycles. The minimum absolute atomic E-state index is 0.151. The quantitative estimate of drug-likeness (QED) is 0.735. The first-order valence-corrected chi connectivity index (χ1v) is 5.93. The normalized spacial score (nSPS) is 26.2. The van der Waals surface area contributed by atoms with Crippen LogP contribution in [0.25, 0.3) is 0 Å². The van der Waals surface area contributed by atoms with Crippen LogP contribution in [0, 0.1) is 5.41 Å². The Kier molecular flexibility index (Phi) is 4.15. The minimum atomic E-state index is -0.151. The molecule has 90 valence electrons. The van der Waals surface area contributed by atoms with Gasteiger partial charge in [0.25, 0.3) is 0 Å². The lowest BCUT2D eigenvalue weighted by molar-refractivity contribution is 0.0799. The van der Waals surface area contributed by atoms with E-state index < -0.39 is 0 Å². The van der Waals surface area contributed by atoms with Crippen molar-refractivity contribution in [2.24, 2.45) is 5.41 Å². The van der Waals surface area contributed by atoms with Crippen molar-refractivity contribution >= 4 is 0 Å². The monoisotopic (exact) mass is 214 g/mol. The number of likely N-dealkylation sites (tertiary alicyclic amines) is 1. The van der Waals surface area contributed by atoms with Crippen molar-refractivity contribution in [3.63, 3.8) is 0 Å². The molecular formula is C12H26N2O. The van der Waals surface area contributed by atoms with Gasteiger partial charge in [-0.05, 0) is 45.3 Å². The van der Waals surface area contributed by atoms with Crippen LogP contribution in [0.1, 0.15) is 33.6 Å². The maximum Gasteiger partial charge on any atom is 0.0623 e. The second kappa shape index (κ2) is 4.81. The number of nitrogens with zero attached hydrogens (tertiary/aromatic N) is 1. The summed E-state index contributed by atoms with van der Waals surface area (Å²) in [5, 5.41) is 12.5. The highest BCUT2D eigenvalue weighted by atomic mass is 16.3. The molecule has 0 aromatic rings. The van der Waals surface area contributed by atoms with Crippen molar-refractivity contribution in [1.29, 1.82) is 0 Å². The summed E-state index contributed by atoms with van der Waals surface area (Å²) >= 11 is 0. The van der Waals surface area contributed by atoms with Crippen LogP contribution < -0.4 is 5.32 Å².